The minimum Gasteiger partial charge on any atom is -0.448 e. The molecule has 2 aromatic carbocycles. The highest BCUT2D eigenvalue weighted by molar-refractivity contribution is 5.67. The van der Waals surface area contributed by atoms with Gasteiger partial charge in [-0.25, -0.2) is 14.3 Å². The Morgan fingerprint density at radius 3 is 2.50 bits per heavy atom. The molecule has 184 valence electrons. The van der Waals surface area contributed by atoms with Crippen LogP contribution in [-0.4, -0.2) is 19.3 Å². The Morgan fingerprint density at radius 2 is 1.86 bits per heavy atom. The molecule has 13 heteroatoms. The monoisotopic (exact) mass is 503 g/mol. The second-order valence-corrected chi connectivity index (χ2v) is 7.53. The molecule has 0 atom stereocenters. The quantitative estimate of drug-likeness (QED) is 0.416. The number of halogens is 5. The van der Waals surface area contributed by atoms with Gasteiger partial charge in [-0.05, 0) is 35.9 Å². The van der Waals surface area contributed by atoms with Crippen molar-refractivity contribution in [2.45, 2.75) is 12.7 Å². The fourth-order valence-electron chi connectivity index (χ4n) is 3.37. The predicted octanol–water partition coefficient (Wildman–Crippen LogP) is 3.95. The van der Waals surface area contributed by atoms with Crippen LogP contribution in [0.15, 0.2) is 58.3 Å². The average molecular weight is 503 g/mol. The first-order valence-electron chi connectivity index (χ1n) is 10.1. The molecule has 0 fully saturated rings. The summed E-state index contributed by atoms with van der Waals surface area (Å²) in [5.41, 5.74) is -3.37. The highest BCUT2D eigenvalue weighted by atomic mass is 19.4. The summed E-state index contributed by atoms with van der Waals surface area (Å²) in [6, 6.07) is 9.95. The summed E-state index contributed by atoms with van der Waals surface area (Å²) < 4.78 is 77.4. The number of pyridine rings is 1. The minimum absolute atomic E-state index is 0.0222. The number of aromatic nitrogens is 4. The van der Waals surface area contributed by atoms with Crippen molar-refractivity contribution in [1.82, 2.24) is 19.3 Å². The van der Waals surface area contributed by atoms with Crippen LogP contribution in [0.2, 0.25) is 0 Å². The van der Waals surface area contributed by atoms with E-state index < -0.39 is 52.7 Å². The molecule has 0 bridgehead atoms. The maximum absolute atomic E-state index is 14.9. The fraction of sp³-hybridized carbons (Fsp3) is 0.130. The van der Waals surface area contributed by atoms with Crippen LogP contribution in [0, 0.1) is 23.0 Å². The molecule has 0 aliphatic carbocycles. The maximum Gasteiger partial charge on any atom is 0.420 e. The second-order valence-electron chi connectivity index (χ2n) is 7.53. The van der Waals surface area contributed by atoms with E-state index in [0.29, 0.717) is 6.07 Å². The normalized spacial score (nSPS) is 11.4. The Labute approximate surface area is 198 Å². The van der Waals surface area contributed by atoms with Crippen molar-refractivity contribution in [2.75, 3.05) is 0 Å². The molecule has 4 rings (SSSR count). The molecule has 8 nitrogen and oxygen atoms in total. The molecular formula is C23H14F5N5O3. The van der Waals surface area contributed by atoms with E-state index in [1.54, 1.807) is 0 Å². The molecular weight excluding hydrogens is 489 g/mol. The minimum atomic E-state index is -5.06. The third-order valence-corrected chi connectivity index (χ3v) is 5.27. The smallest absolute Gasteiger partial charge is 0.420 e. The average Bonchev–Trinajstić information content (AvgIpc) is 3.15. The van der Waals surface area contributed by atoms with Crippen LogP contribution < -0.4 is 16.0 Å². The standard InChI is InChI=1S/C23H14F5N5O3/c1-32-17(30-31-22(32)35)11-33-8-7-15(23(26,27)28)20(21(33)34)36-16-6-5-14(18(24)19(16)25)13-4-2-3-12(9-13)10-29/h2-9H,11H2,1H3,(H,31,35). The third-order valence-electron chi connectivity index (χ3n) is 5.27. The van der Waals surface area contributed by atoms with Gasteiger partial charge >= 0.3 is 11.9 Å². The first-order valence-corrected chi connectivity index (χ1v) is 10.1. The molecule has 0 saturated heterocycles. The Bertz CT molecular complexity index is 1630. The molecule has 0 radical (unpaired) electrons. The molecule has 0 saturated carbocycles. The topological polar surface area (TPSA) is 106 Å². The van der Waals surface area contributed by atoms with Gasteiger partial charge in [-0.3, -0.25) is 9.36 Å². The fourth-order valence-corrected chi connectivity index (χ4v) is 3.37. The number of rotatable bonds is 5. The van der Waals surface area contributed by atoms with Crippen molar-refractivity contribution in [1.29, 1.82) is 5.26 Å². The van der Waals surface area contributed by atoms with E-state index in [4.69, 9.17) is 10.00 Å². The van der Waals surface area contributed by atoms with Gasteiger partial charge in [0.2, 0.25) is 11.6 Å². The van der Waals surface area contributed by atoms with Crippen LogP contribution >= 0.6 is 0 Å². The van der Waals surface area contributed by atoms with E-state index in [2.05, 4.69) is 10.2 Å². The molecule has 1 N–H and O–H groups in total. The van der Waals surface area contributed by atoms with Crippen molar-refractivity contribution < 1.29 is 26.7 Å². The molecule has 0 unspecified atom stereocenters. The molecule has 2 heterocycles. The van der Waals surface area contributed by atoms with Gasteiger partial charge in [0.15, 0.2) is 17.4 Å². The zero-order chi connectivity index (χ0) is 26.2. The molecule has 4 aromatic rings. The van der Waals surface area contributed by atoms with Crippen LogP contribution in [0.3, 0.4) is 0 Å². The summed E-state index contributed by atoms with van der Waals surface area (Å²) in [6.07, 6.45) is -4.24. The number of hydrogen-bond donors (Lipinski definition) is 1. The Morgan fingerprint density at radius 1 is 1.11 bits per heavy atom. The number of ether oxygens (including phenoxy) is 1. The van der Waals surface area contributed by atoms with Crippen molar-refractivity contribution in [3.8, 4) is 28.7 Å². The summed E-state index contributed by atoms with van der Waals surface area (Å²) in [6.45, 7) is -0.409. The molecule has 0 amide bonds. The lowest BCUT2D eigenvalue weighted by Crippen LogP contribution is -2.26. The van der Waals surface area contributed by atoms with Gasteiger partial charge in [-0.1, -0.05) is 12.1 Å². The van der Waals surface area contributed by atoms with Gasteiger partial charge in [0, 0.05) is 18.8 Å². The van der Waals surface area contributed by atoms with E-state index in [1.807, 2.05) is 6.07 Å². The summed E-state index contributed by atoms with van der Waals surface area (Å²) in [7, 11) is 1.33. The van der Waals surface area contributed by atoms with Crippen LogP contribution in [0.4, 0.5) is 22.0 Å². The molecule has 36 heavy (non-hydrogen) atoms. The van der Waals surface area contributed by atoms with Crippen LogP contribution in [0.5, 0.6) is 11.5 Å². The molecule has 0 aliphatic rings. The van der Waals surface area contributed by atoms with E-state index >= 15 is 0 Å². The third kappa shape index (κ3) is 4.48. The van der Waals surface area contributed by atoms with Crippen LogP contribution in [-0.2, 0) is 19.8 Å². The van der Waals surface area contributed by atoms with Gasteiger partial charge in [0.25, 0.3) is 5.56 Å². The summed E-state index contributed by atoms with van der Waals surface area (Å²) in [5, 5.41) is 14.8. The number of benzene rings is 2. The SMILES string of the molecule is Cn1c(Cn2ccc(C(F)(F)F)c(Oc3ccc(-c4cccc(C#N)c4)c(F)c3F)c2=O)n[nH]c1=O. The summed E-state index contributed by atoms with van der Waals surface area (Å²) in [5.74, 6) is -5.30. The molecule has 0 spiro atoms. The van der Waals surface area contributed by atoms with Gasteiger partial charge in [-0.15, -0.1) is 0 Å². The number of aromatic amines is 1. The van der Waals surface area contributed by atoms with Gasteiger partial charge in [-0.2, -0.15) is 27.9 Å². The summed E-state index contributed by atoms with van der Waals surface area (Å²) in [4.78, 5) is 24.4. The first-order chi connectivity index (χ1) is 17.0. The number of H-pyrrole nitrogens is 1. The molecule has 2 aromatic heterocycles. The van der Waals surface area contributed by atoms with Crippen LogP contribution in [0.1, 0.15) is 17.0 Å². The summed E-state index contributed by atoms with van der Waals surface area (Å²) >= 11 is 0. The van der Waals surface area contributed by atoms with Gasteiger partial charge in [0.1, 0.15) is 5.56 Å². The Kier molecular flexibility index (Phi) is 6.19. The van der Waals surface area contributed by atoms with Crippen molar-refractivity contribution in [3.05, 3.63) is 98.1 Å². The van der Waals surface area contributed by atoms with Crippen molar-refractivity contribution in [3.63, 3.8) is 0 Å². The van der Waals surface area contributed by atoms with E-state index in [0.717, 1.165) is 27.5 Å². The largest absolute Gasteiger partial charge is 0.448 e. The van der Waals surface area contributed by atoms with E-state index in [-0.39, 0.29) is 22.5 Å². The maximum atomic E-state index is 14.9. The number of nitrogens with one attached hydrogen (secondary N) is 1. The van der Waals surface area contributed by atoms with E-state index in [9.17, 15) is 31.5 Å². The number of nitrogens with zero attached hydrogens (tertiary/aromatic N) is 4. The lowest BCUT2D eigenvalue weighted by Gasteiger charge is -2.16. The van der Waals surface area contributed by atoms with Crippen LogP contribution in [0.25, 0.3) is 11.1 Å². The van der Waals surface area contributed by atoms with Gasteiger partial charge in [0.05, 0.1) is 18.2 Å². The Balaban J connectivity index is 1.78. The Hall–Kier alpha value is -4.73. The second kappa shape index (κ2) is 9.14. The van der Waals surface area contributed by atoms with Crippen molar-refractivity contribution in [2.24, 2.45) is 7.05 Å². The molecule has 0 aliphatic heterocycles. The predicted molar refractivity (Wildman–Crippen MR) is 115 cm³/mol. The lowest BCUT2D eigenvalue weighted by molar-refractivity contribution is -0.138. The number of nitriles is 1. The zero-order valence-electron chi connectivity index (χ0n) is 18.2. The number of hydrogen-bond acceptors (Lipinski definition) is 5. The highest BCUT2D eigenvalue weighted by Gasteiger charge is 2.37. The lowest BCUT2D eigenvalue weighted by atomic mass is 10.0. The van der Waals surface area contributed by atoms with E-state index in [1.165, 1.54) is 31.3 Å². The first kappa shape index (κ1) is 24.4. The number of alkyl halides is 3. The van der Waals surface area contributed by atoms with Crippen molar-refractivity contribution >= 4 is 0 Å². The zero-order valence-corrected chi connectivity index (χ0v) is 18.2. The van der Waals surface area contributed by atoms with Gasteiger partial charge < -0.3 is 9.30 Å². The highest BCUT2D eigenvalue weighted by Crippen LogP contribution is 2.38.